The lowest BCUT2D eigenvalue weighted by atomic mass is 9.63. The van der Waals surface area contributed by atoms with Gasteiger partial charge in [-0.3, -0.25) is 0 Å². The second-order valence-electron chi connectivity index (χ2n) is 4.70. The second kappa shape index (κ2) is 4.39. The molecule has 0 aromatic rings. The third kappa shape index (κ3) is 1.68. The first kappa shape index (κ1) is 11.4. The minimum Gasteiger partial charge on any atom is -0.125 e. The van der Waals surface area contributed by atoms with Gasteiger partial charge in [-0.2, -0.15) is 0 Å². The summed E-state index contributed by atoms with van der Waals surface area (Å²) in [6.45, 7) is 0. The van der Waals surface area contributed by atoms with Crippen molar-refractivity contribution in [1.82, 2.24) is 0 Å². The molecule has 0 heterocycles. The number of hydrogen-bond donors (Lipinski definition) is 0. The van der Waals surface area contributed by atoms with Crippen molar-refractivity contribution in [2.45, 2.75) is 48.8 Å². The minimum atomic E-state index is -0.195. The molecular weight excluding hydrogens is 238 g/mol. The Kier molecular flexibility index (Phi) is 3.56. The van der Waals surface area contributed by atoms with Crippen LogP contribution >= 0.6 is 34.8 Å². The largest absolute Gasteiger partial charge is 0.125 e. The van der Waals surface area contributed by atoms with Gasteiger partial charge in [0.25, 0.3) is 0 Å². The maximum Gasteiger partial charge on any atom is 0.0677 e. The van der Waals surface area contributed by atoms with Crippen molar-refractivity contribution >= 4 is 34.8 Å². The van der Waals surface area contributed by atoms with Gasteiger partial charge in [-0.15, -0.1) is 34.8 Å². The van der Waals surface area contributed by atoms with Gasteiger partial charge in [0.2, 0.25) is 0 Å². The molecular formula is C11H17Cl3. The van der Waals surface area contributed by atoms with Crippen LogP contribution in [0.4, 0.5) is 0 Å². The number of halogens is 3. The van der Waals surface area contributed by atoms with Gasteiger partial charge in [0, 0.05) is 5.88 Å². The fourth-order valence-electron chi connectivity index (χ4n) is 2.66. The maximum atomic E-state index is 6.78. The second-order valence-corrected chi connectivity index (χ2v) is 6.19. The van der Waals surface area contributed by atoms with Gasteiger partial charge < -0.3 is 0 Å². The van der Waals surface area contributed by atoms with E-state index >= 15 is 0 Å². The highest BCUT2D eigenvalue weighted by Gasteiger charge is 2.52. The Labute approximate surface area is 101 Å². The molecule has 0 nitrogen and oxygen atoms in total. The van der Waals surface area contributed by atoms with E-state index in [4.69, 9.17) is 34.8 Å². The molecule has 0 N–H and O–H groups in total. The van der Waals surface area contributed by atoms with Crippen LogP contribution in [-0.4, -0.2) is 16.1 Å². The molecule has 2 aliphatic rings. The quantitative estimate of drug-likeness (QED) is 0.653. The van der Waals surface area contributed by atoms with Gasteiger partial charge in [-0.1, -0.05) is 12.8 Å². The summed E-state index contributed by atoms with van der Waals surface area (Å²) in [4.78, 5) is -0.195. The standard InChI is InChI=1S/C11H17Cl3/c12-7-10(13)11(14,8-3-1-4-8)9-5-2-6-9/h8-10H,1-7H2. The summed E-state index contributed by atoms with van der Waals surface area (Å²) in [6.07, 6.45) is 7.63. The summed E-state index contributed by atoms with van der Waals surface area (Å²) in [7, 11) is 0. The van der Waals surface area contributed by atoms with Crippen LogP contribution in [0.1, 0.15) is 38.5 Å². The summed E-state index contributed by atoms with van der Waals surface area (Å²) < 4.78 is 0. The van der Waals surface area contributed by atoms with Crippen LogP contribution in [0.3, 0.4) is 0 Å². The Bertz CT molecular complexity index is 174. The van der Waals surface area contributed by atoms with Gasteiger partial charge in [-0.25, -0.2) is 0 Å². The molecule has 0 aliphatic heterocycles. The predicted octanol–water partition coefficient (Wildman–Crippen LogP) is 4.41. The first-order valence-electron chi connectivity index (χ1n) is 5.58. The molecule has 3 heteroatoms. The average molecular weight is 256 g/mol. The number of hydrogen-bond acceptors (Lipinski definition) is 0. The highest BCUT2D eigenvalue weighted by atomic mass is 35.5. The Hall–Kier alpha value is 0.870. The molecule has 0 radical (unpaired) electrons. The molecule has 0 amide bonds. The third-order valence-electron chi connectivity index (χ3n) is 4.08. The molecule has 0 aromatic heterocycles. The van der Waals surface area contributed by atoms with E-state index in [2.05, 4.69) is 0 Å². The maximum absolute atomic E-state index is 6.78. The molecule has 2 rings (SSSR count). The normalized spacial score (nSPS) is 26.8. The number of alkyl halides is 3. The van der Waals surface area contributed by atoms with Crippen LogP contribution in [0.2, 0.25) is 0 Å². The van der Waals surface area contributed by atoms with Crippen molar-refractivity contribution in [3.8, 4) is 0 Å². The van der Waals surface area contributed by atoms with Crippen LogP contribution in [0.15, 0.2) is 0 Å². The molecule has 0 spiro atoms. The lowest BCUT2D eigenvalue weighted by molar-refractivity contribution is 0.117. The monoisotopic (exact) mass is 254 g/mol. The first-order chi connectivity index (χ1) is 6.69. The molecule has 0 saturated heterocycles. The fraction of sp³-hybridized carbons (Fsp3) is 1.00. The SMILES string of the molecule is ClCC(Cl)C(Cl)(C1CCC1)C1CCC1. The van der Waals surface area contributed by atoms with Crippen LogP contribution in [0.5, 0.6) is 0 Å². The van der Waals surface area contributed by atoms with Crippen molar-refractivity contribution in [3.05, 3.63) is 0 Å². The minimum absolute atomic E-state index is 0.0542. The highest BCUT2D eigenvalue weighted by molar-refractivity contribution is 6.36. The Balaban J connectivity index is 2.09. The molecule has 1 unspecified atom stereocenters. The van der Waals surface area contributed by atoms with E-state index in [1.807, 2.05) is 0 Å². The number of rotatable bonds is 4. The van der Waals surface area contributed by atoms with E-state index in [9.17, 15) is 0 Å². The molecule has 0 aromatic carbocycles. The van der Waals surface area contributed by atoms with Crippen molar-refractivity contribution in [3.63, 3.8) is 0 Å². The Morgan fingerprint density at radius 2 is 1.50 bits per heavy atom. The molecule has 2 aliphatic carbocycles. The predicted molar refractivity (Wildman–Crippen MR) is 63.6 cm³/mol. The van der Waals surface area contributed by atoms with Crippen LogP contribution in [-0.2, 0) is 0 Å². The molecule has 2 saturated carbocycles. The summed E-state index contributed by atoms with van der Waals surface area (Å²) >= 11 is 19.0. The fourth-order valence-corrected chi connectivity index (χ4v) is 3.87. The highest BCUT2D eigenvalue weighted by Crippen LogP contribution is 2.54. The zero-order valence-corrected chi connectivity index (χ0v) is 10.6. The molecule has 82 valence electrons. The summed E-state index contributed by atoms with van der Waals surface area (Å²) in [6, 6.07) is 0. The molecule has 0 bridgehead atoms. The van der Waals surface area contributed by atoms with E-state index < -0.39 is 0 Å². The van der Waals surface area contributed by atoms with E-state index in [-0.39, 0.29) is 10.3 Å². The van der Waals surface area contributed by atoms with Gasteiger partial charge in [0.15, 0.2) is 0 Å². The van der Waals surface area contributed by atoms with Gasteiger partial charge in [-0.05, 0) is 37.5 Å². The average Bonchev–Trinajstić information content (AvgIpc) is 1.95. The van der Waals surface area contributed by atoms with Crippen molar-refractivity contribution in [1.29, 1.82) is 0 Å². The Morgan fingerprint density at radius 1 is 1.07 bits per heavy atom. The van der Waals surface area contributed by atoms with Crippen molar-refractivity contribution in [2.24, 2.45) is 11.8 Å². The topological polar surface area (TPSA) is 0 Å². The van der Waals surface area contributed by atoms with Crippen LogP contribution in [0, 0.1) is 11.8 Å². The van der Waals surface area contributed by atoms with E-state index in [1.165, 1.54) is 38.5 Å². The smallest absolute Gasteiger partial charge is 0.0677 e. The zero-order valence-electron chi connectivity index (χ0n) is 8.32. The molecule has 14 heavy (non-hydrogen) atoms. The van der Waals surface area contributed by atoms with E-state index in [1.54, 1.807) is 0 Å². The summed E-state index contributed by atoms with van der Waals surface area (Å²) in [5.41, 5.74) is 0. The van der Waals surface area contributed by atoms with Crippen molar-refractivity contribution in [2.75, 3.05) is 5.88 Å². The zero-order chi connectivity index (χ0) is 10.2. The first-order valence-corrected chi connectivity index (χ1v) is 6.93. The van der Waals surface area contributed by atoms with Crippen molar-refractivity contribution < 1.29 is 0 Å². The van der Waals surface area contributed by atoms with Gasteiger partial charge in [0.1, 0.15) is 0 Å². The van der Waals surface area contributed by atoms with E-state index in [0.717, 1.165) is 0 Å². The lowest BCUT2D eigenvalue weighted by Gasteiger charge is -2.51. The van der Waals surface area contributed by atoms with Gasteiger partial charge in [0.05, 0.1) is 10.3 Å². The summed E-state index contributed by atoms with van der Waals surface area (Å²) in [5, 5.41) is -0.0542. The molecule has 1 atom stereocenters. The third-order valence-corrected chi connectivity index (χ3v) is 6.05. The summed E-state index contributed by atoms with van der Waals surface area (Å²) in [5.74, 6) is 1.73. The van der Waals surface area contributed by atoms with Crippen LogP contribution < -0.4 is 0 Å². The molecule has 2 fully saturated rings. The Morgan fingerprint density at radius 3 is 1.71 bits per heavy atom. The van der Waals surface area contributed by atoms with E-state index in [0.29, 0.717) is 17.7 Å². The van der Waals surface area contributed by atoms with Gasteiger partial charge >= 0.3 is 0 Å². The lowest BCUT2D eigenvalue weighted by Crippen LogP contribution is -2.52. The van der Waals surface area contributed by atoms with Crippen LogP contribution in [0.25, 0.3) is 0 Å².